The highest BCUT2D eigenvalue weighted by atomic mass is 19.1. The van der Waals surface area contributed by atoms with Crippen molar-refractivity contribution in [3.8, 4) is 0 Å². The second kappa shape index (κ2) is 9.10. The summed E-state index contributed by atoms with van der Waals surface area (Å²) < 4.78 is 20.8. The predicted molar refractivity (Wildman–Crippen MR) is 115 cm³/mol. The summed E-state index contributed by atoms with van der Waals surface area (Å²) in [6.07, 6.45) is 6.22. The SMILES string of the molecule is CCCC(c1nc2ccc(F)cc2c(=O)n1Cc1ccoc1)N1CCCN(C)CC1. The van der Waals surface area contributed by atoms with Crippen molar-refractivity contribution in [1.29, 1.82) is 0 Å². The number of aromatic nitrogens is 2. The summed E-state index contributed by atoms with van der Waals surface area (Å²) in [4.78, 5) is 23.1. The molecule has 0 N–H and O–H groups in total. The van der Waals surface area contributed by atoms with Crippen LogP contribution in [0.2, 0.25) is 0 Å². The zero-order valence-corrected chi connectivity index (χ0v) is 17.7. The first kappa shape index (κ1) is 20.8. The number of likely N-dealkylation sites (N-methyl/N-ethyl adjacent to an activating group) is 1. The van der Waals surface area contributed by atoms with Crippen molar-refractivity contribution in [2.45, 2.75) is 38.8 Å². The van der Waals surface area contributed by atoms with E-state index in [9.17, 15) is 9.18 Å². The van der Waals surface area contributed by atoms with Crippen LogP contribution in [0.5, 0.6) is 0 Å². The fourth-order valence-electron chi connectivity index (χ4n) is 4.31. The molecular weight excluding hydrogens is 383 g/mol. The maximum atomic E-state index is 13.9. The highest BCUT2D eigenvalue weighted by Crippen LogP contribution is 2.27. The summed E-state index contributed by atoms with van der Waals surface area (Å²) in [6.45, 7) is 6.48. The van der Waals surface area contributed by atoms with Crippen LogP contribution < -0.4 is 5.56 Å². The van der Waals surface area contributed by atoms with E-state index in [1.807, 2.05) is 6.07 Å². The van der Waals surface area contributed by atoms with E-state index in [1.54, 1.807) is 23.2 Å². The Morgan fingerprint density at radius 3 is 2.83 bits per heavy atom. The summed E-state index contributed by atoms with van der Waals surface area (Å²) in [7, 11) is 2.15. The number of furan rings is 1. The van der Waals surface area contributed by atoms with Crippen molar-refractivity contribution in [2.24, 2.45) is 0 Å². The summed E-state index contributed by atoms with van der Waals surface area (Å²) in [5.41, 5.74) is 1.23. The highest BCUT2D eigenvalue weighted by molar-refractivity contribution is 5.77. The predicted octanol–water partition coefficient (Wildman–Crippen LogP) is 3.66. The molecule has 0 aliphatic carbocycles. The average Bonchev–Trinajstić information content (AvgIpc) is 3.15. The van der Waals surface area contributed by atoms with E-state index in [4.69, 9.17) is 9.40 Å². The van der Waals surface area contributed by atoms with Crippen LogP contribution in [0.3, 0.4) is 0 Å². The van der Waals surface area contributed by atoms with Gasteiger partial charge >= 0.3 is 0 Å². The Morgan fingerprint density at radius 2 is 2.07 bits per heavy atom. The molecule has 0 saturated carbocycles. The van der Waals surface area contributed by atoms with E-state index in [2.05, 4.69) is 23.8 Å². The van der Waals surface area contributed by atoms with E-state index in [0.717, 1.165) is 56.8 Å². The third kappa shape index (κ3) is 4.32. The van der Waals surface area contributed by atoms with Gasteiger partial charge in [0.2, 0.25) is 0 Å². The minimum absolute atomic E-state index is 0.0376. The lowest BCUT2D eigenvalue weighted by Gasteiger charge is -2.31. The molecule has 0 amide bonds. The molecular formula is C23H29FN4O2. The molecule has 30 heavy (non-hydrogen) atoms. The molecule has 3 aromatic rings. The standard InChI is InChI=1S/C23H29FN4O2/c1-3-5-21(27-10-4-9-26(2)11-12-27)22-25-20-7-6-18(24)14-19(20)23(29)28(22)15-17-8-13-30-16-17/h6-8,13-14,16,21H,3-5,9-12,15H2,1-2H3. The van der Waals surface area contributed by atoms with Crippen LogP contribution in [0.1, 0.15) is 43.6 Å². The van der Waals surface area contributed by atoms with E-state index >= 15 is 0 Å². The molecule has 1 fully saturated rings. The van der Waals surface area contributed by atoms with E-state index < -0.39 is 5.82 Å². The number of hydrogen-bond acceptors (Lipinski definition) is 5. The summed E-state index contributed by atoms with van der Waals surface area (Å²) >= 11 is 0. The van der Waals surface area contributed by atoms with Crippen molar-refractivity contribution in [3.63, 3.8) is 0 Å². The number of hydrogen-bond donors (Lipinski definition) is 0. The van der Waals surface area contributed by atoms with Gasteiger partial charge in [0.05, 0.1) is 36.0 Å². The molecule has 1 saturated heterocycles. The molecule has 2 aromatic heterocycles. The zero-order valence-electron chi connectivity index (χ0n) is 17.7. The van der Waals surface area contributed by atoms with Gasteiger partial charge in [-0.2, -0.15) is 0 Å². The molecule has 1 unspecified atom stereocenters. The first-order valence-corrected chi connectivity index (χ1v) is 10.7. The lowest BCUT2D eigenvalue weighted by molar-refractivity contribution is 0.180. The number of benzene rings is 1. The van der Waals surface area contributed by atoms with Crippen LogP contribution in [-0.2, 0) is 6.54 Å². The van der Waals surface area contributed by atoms with Gasteiger partial charge in [0, 0.05) is 25.2 Å². The minimum Gasteiger partial charge on any atom is -0.472 e. The normalized spacial score (nSPS) is 17.3. The van der Waals surface area contributed by atoms with Crippen molar-refractivity contribution < 1.29 is 8.81 Å². The lowest BCUT2D eigenvalue weighted by Crippen LogP contribution is -2.37. The second-order valence-electron chi connectivity index (χ2n) is 8.15. The fourth-order valence-corrected chi connectivity index (χ4v) is 4.31. The van der Waals surface area contributed by atoms with Crippen molar-refractivity contribution in [3.05, 3.63) is 64.4 Å². The molecule has 1 aliphatic rings. The summed E-state index contributed by atoms with van der Waals surface area (Å²) in [5, 5.41) is 0.313. The summed E-state index contributed by atoms with van der Waals surface area (Å²) in [6, 6.07) is 6.15. The van der Waals surface area contributed by atoms with Gasteiger partial charge in [0.25, 0.3) is 5.56 Å². The van der Waals surface area contributed by atoms with Crippen molar-refractivity contribution in [1.82, 2.24) is 19.4 Å². The molecule has 0 spiro atoms. The van der Waals surface area contributed by atoms with Gasteiger partial charge in [-0.15, -0.1) is 0 Å². The third-order valence-electron chi connectivity index (χ3n) is 5.92. The van der Waals surface area contributed by atoms with Crippen molar-refractivity contribution in [2.75, 3.05) is 33.2 Å². The number of rotatable bonds is 6. The summed E-state index contributed by atoms with van der Waals surface area (Å²) in [5.74, 6) is 0.330. The topological polar surface area (TPSA) is 54.5 Å². The molecule has 1 aliphatic heterocycles. The van der Waals surface area contributed by atoms with Crippen molar-refractivity contribution >= 4 is 10.9 Å². The molecule has 3 heterocycles. The molecule has 1 atom stereocenters. The quantitative estimate of drug-likeness (QED) is 0.619. The maximum absolute atomic E-state index is 13.9. The van der Waals surface area contributed by atoms with Gasteiger partial charge in [-0.25, -0.2) is 9.37 Å². The molecule has 4 rings (SSSR count). The van der Waals surface area contributed by atoms with Crippen LogP contribution in [0.4, 0.5) is 4.39 Å². The van der Waals surface area contributed by atoms with Crippen LogP contribution in [-0.4, -0.2) is 52.6 Å². The Morgan fingerprint density at radius 1 is 1.20 bits per heavy atom. The van der Waals surface area contributed by atoms with Gasteiger partial charge in [-0.05, 0) is 50.7 Å². The van der Waals surface area contributed by atoms with Crippen LogP contribution in [0.25, 0.3) is 10.9 Å². The largest absolute Gasteiger partial charge is 0.472 e. The molecule has 0 radical (unpaired) electrons. The van der Waals surface area contributed by atoms with Crippen LogP contribution >= 0.6 is 0 Å². The van der Waals surface area contributed by atoms with Gasteiger partial charge in [0.15, 0.2) is 0 Å². The van der Waals surface area contributed by atoms with E-state index in [-0.39, 0.29) is 11.6 Å². The first-order chi connectivity index (χ1) is 14.6. The second-order valence-corrected chi connectivity index (χ2v) is 8.15. The fraction of sp³-hybridized carbons (Fsp3) is 0.478. The Balaban J connectivity index is 1.85. The smallest absolute Gasteiger partial charge is 0.261 e. The Hall–Kier alpha value is -2.51. The lowest BCUT2D eigenvalue weighted by atomic mass is 10.1. The van der Waals surface area contributed by atoms with Gasteiger partial charge in [-0.3, -0.25) is 14.3 Å². The monoisotopic (exact) mass is 412 g/mol. The zero-order chi connectivity index (χ0) is 21.1. The highest BCUT2D eigenvalue weighted by Gasteiger charge is 2.27. The number of halogens is 1. The Kier molecular flexibility index (Phi) is 6.29. The van der Waals surface area contributed by atoms with Crippen LogP contribution in [0, 0.1) is 5.82 Å². The van der Waals surface area contributed by atoms with Gasteiger partial charge in [-0.1, -0.05) is 13.3 Å². The Bertz CT molecular complexity index is 1050. The minimum atomic E-state index is -0.426. The molecule has 7 heteroatoms. The van der Waals surface area contributed by atoms with Gasteiger partial charge < -0.3 is 9.32 Å². The Labute approximate surface area is 175 Å². The van der Waals surface area contributed by atoms with E-state index in [1.165, 1.54) is 12.1 Å². The average molecular weight is 413 g/mol. The van der Waals surface area contributed by atoms with Gasteiger partial charge in [0.1, 0.15) is 11.6 Å². The van der Waals surface area contributed by atoms with E-state index in [0.29, 0.717) is 17.4 Å². The molecule has 6 nitrogen and oxygen atoms in total. The molecule has 0 bridgehead atoms. The molecule has 1 aromatic carbocycles. The van der Waals surface area contributed by atoms with Crippen LogP contribution in [0.15, 0.2) is 46.0 Å². The molecule has 160 valence electrons. The first-order valence-electron chi connectivity index (χ1n) is 10.7. The number of fused-ring (bicyclic) bond motifs is 1. The maximum Gasteiger partial charge on any atom is 0.261 e. The third-order valence-corrected chi connectivity index (χ3v) is 5.92. The number of nitrogens with zero attached hydrogens (tertiary/aromatic N) is 4.